The molecule has 0 aromatic carbocycles. The second-order valence-electron chi connectivity index (χ2n) is 4.29. The van der Waals surface area contributed by atoms with E-state index in [2.05, 4.69) is 20.4 Å². The Morgan fingerprint density at radius 2 is 2.12 bits per heavy atom. The zero-order valence-corrected chi connectivity index (χ0v) is 9.91. The van der Waals surface area contributed by atoms with Gasteiger partial charge in [0.25, 0.3) is 0 Å². The predicted molar refractivity (Wildman–Crippen MR) is 61.1 cm³/mol. The average molecular weight is 224 g/mol. The number of piperidine rings is 1. The Balaban J connectivity index is 1.75. The molecule has 0 bridgehead atoms. The molecule has 1 aromatic heterocycles. The third-order valence-corrected chi connectivity index (χ3v) is 2.94. The molecule has 1 fully saturated rings. The first-order chi connectivity index (χ1) is 7.88. The number of hydrogen-bond acceptors (Lipinski definition) is 5. The molecule has 0 unspecified atom stereocenters. The summed E-state index contributed by atoms with van der Waals surface area (Å²) in [6.45, 7) is 4.16. The summed E-state index contributed by atoms with van der Waals surface area (Å²) >= 11 is 0. The highest BCUT2D eigenvalue weighted by atomic mass is 16.5. The SMILES string of the molecule is CNCc1noc(CCN2CCCCC2)n1. The molecule has 16 heavy (non-hydrogen) atoms. The Morgan fingerprint density at radius 3 is 2.88 bits per heavy atom. The van der Waals surface area contributed by atoms with Gasteiger partial charge in [0.05, 0.1) is 6.54 Å². The van der Waals surface area contributed by atoms with Crippen molar-refractivity contribution in [3.63, 3.8) is 0 Å². The normalized spacial score (nSPS) is 17.8. The van der Waals surface area contributed by atoms with Crippen LogP contribution in [0.5, 0.6) is 0 Å². The van der Waals surface area contributed by atoms with E-state index in [1.54, 1.807) is 0 Å². The first-order valence-corrected chi connectivity index (χ1v) is 6.07. The van der Waals surface area contributed by atoms with E-state index in [-0.39, 0.29) is 0 Å². The van der Waals surface area contributed by atoms with Crippen LogP contribution in [0.4, 0.5) is 0 Å². The molecular weight excluding hydrogens is 204 g/mol. The van der Waals surface area contributed by atoms with Gasteiger partial charge in [-0.1, -0.05) is 11.6 Å². The molecular formula is C11H20N4O. The first-order valence-electron chi connectivity index (χ1n) is 6.07. The lowest BCUT2D eigenvalue weighted by Gasteiger charge is -2.25. The fourth-order valence-corrected chi connectivity index (χ4v) is 2.06. The fourth-order valence-electron chi connectivity index (χ4n) is 2.06. The maximum absolute atomic E-state index is 5.18. The van der Waals surface area contributed by atoms with Crippen molar-refractivity contribution in [3.05, 3.63) is 11.7 Å². The summed E-state index contributed by atoms with van der Waals surface area (Å²) in [5, 5.41) is 6.91. The number of likely N-dealkylation sites (tertiary alicyclic amines) is 1. The summed E-state index contributed by atoms with van der Waals surface area (Å²) in [5.41, 5.74) is 0. The molecule has 1 aromatic rings. The Labute approximate surface area is 96.2 Å². The van der Waals surface area contributed by atoms with Gasteiger partial charge in [-0.25, -0.2) is 0 Å². The Bertz CT molecular complexity index is 307. The summed E-state index contributed by atoms with van der Waals surface area (Å²) in [6, 6.07) is 0. The van der Waals surface area contributed by atoms with Crippen molar-refractivity contribution in [2.45, 2.75) is 32.2 Å². The number of nitrogens with one attached hydrogen (secondary N) is 1. The van der Waals surface area contributed by atoms with Gasteiger partial charge in [-0.15, -0.1) is 0 Å². The van der Waals surface area contributed by atoms with E-state index in [1.165, 1.54) is 32.4 Å². The quantitative estimate of drug-likeness (QED) is 0.802. The predicted octanol–water partition coefficient (Wildman–Crippen LogP) is 0.817. The molecule has 2 rings (SSSR count). The lowest BCUT2D eigenvalue weighted by molar-refractivity contribution is 0.223. The topological polar surface area (TPSA) is 54.2 Å². The van der Waals surface area contributed by atoms with Gasteiger partial charge in [0.1, 0.15) is 0 Å². The third kappa shape index (κ3) is 3.28. The van der Waals surface area contributed by atoms with Crippen LogP contribution in [0.25, 0.3) is 0 Å². The molecule has 90 valence electrons. The van der Waals surface area contributed by atoms with Crippen LogP contribution >= 0.6 is 0 Å². The van der Waals surface area contributed by atoms with Crippen molar-refractivity contribution in [3.8, 4) is 0 Å². The molecule has 0 radical (unpaired) electrons. The van der Waals surface area contributed by atoms with Gasteiger partial charge in [0.15, 0.2) is 5.82 Å². The van der Waals surface area contributed by atoms with E-state index in [0.29, 0.717) is 6.54 Å². The number of hydrogen-bond donors (Lipinski definition) is 1. The molecule has 0 spiro atoms. The molecule has 2 heterocycles. The van der Waals surface area contributed by atoms with E-state index < -0.39 is 0 Å². The minimum atomic E-state index is 0.674. The van der Waals surface area contributed by atoms with Gasteiger partial charge in [-0.05, 0) is 33.0 Å². The largest absolute Gasteiger partial charge is 0.339 e. The lowest BCUT2D eigenvalue weighted by Crippen LogP contribution is -2.31. The highest BCUT2D eigenvalue weighted by Crippen LogP contribution is 2.09. The maximum Gasteiger partial charge on any atom is 0.227 e. The zero-order valence-electron chi connectivity index (χ0n) is 9.91. The number of aromatic nitrogens is 2. The van der Waals surface area contributed by atoms with E-state index in [1.807, 2.05) is 7.05 Å². The van der Waals surface area contributed by atoms with Crippen LogP contribution in [0.1, 0.15) is 31.0 Å². The van der Waals surface area contributed by atoms with Crippen molar-refractivity contribution < 1.29 is 4.52 Å². The minimum Gasteiger partial charge on any atom is -0.339 e. The van der Waals surface area contributed by atoms with Crippen LogP contribution < -0.4 is 5.32 Å². The summed E-state index contributed by atoms with van der Waals surface area (Å²) in [7, 11) is 1.88. The van der Waals surface area contributed by atoms with Crippen molar-refractivity contribution in [1.29, 1.82) is 0 Å². The fraction of sp³-hybridized carbons (Fsp3) is 0.818. The molecule has 1 N–H and O–H groups in total. The Hall–Kier alpha value is -0.940. The van der Waals surface area contributed by atoms with Crippen molar-refractivity contribution in [2.24, 2.45) is 0 Å². The molecule has 0 amide bonds. The third-order valence-electron chi connectivity index (χ3n) is 2.94. The van der Waals surface area contributed by atoms with Crippen LogP contribution in [0.2, 0.25) is 0 Å². The van der Waals surface area contributed by atoms with Crippen molar-refractivity contribution in [1.82, 2.24) is 20.4 Å². The summed E-state index contributed by atoms with van der Waals surface area (Å²) in [6.07, 6.45) is 4.91. The second kappa shape index (κ2) is 5.96. The van der Waals surface area contributed by atoms with Crippen LogP contribution in [-0.2, 0) is 13.0 Å². The maximum atomic E-state index is 5.18. The molecule has 5 nitrogen and oxygen atoms in total. The van der Waals surface area contributed by atoms with Gasteiger partial charge in [0.2, 0.25) is 5.89 Å². The van der Waals surface area contributed by atoms with Gasteiger partial charge in [-0.3, -0.25) is 0 Å². The molecule has 5 heteroatoms. The van der Waals surface area contributed by atoms with Gasteiger partial charge in [-0.2, -0.15) is 4.98 Å². The first kappa shape index (κ1) is 11.5. The highest BCUT2D eigenvalue weighted by Gasteiger charge is 2.12. The summed E-state index contributed by atoms with van der Waals surface area (Å²) in [4.78, 5) is 6.80. The minimum absolute atomic E-state index is 0.674. The van der Waals surface area contributed by atoms with Crippen molar-refractivity contribution in [2.75, 3.05) is 26.7 Å². The van der Waals surface area contributed by atoms with Crippen LogP contribution in [-0.4, -0.2) is 41.7 Å². The number of rotatable bonds is 5. The van der Waals surface area contributed by atoms with E-state index in [9.17, 15) is 0 Å². The van der Waals surface area contributed by atoms with Gasteiger partial charge in [0, 0.05) is 13.0 Å². The van der Waals surface area contributed by atoms with E-state index in [4.69, 9.17) is 4.52 Å². The lowest BCUT2D eigenvalue weighted by atomic mass is 10.1. The molecule has 1 aliphatic heterocycles. The molecule has 0 saturated carbocycles. The molecule has 0 aliphatic carbocycles. The average Bonchev–Trinajstić information content (AvgIpc) is 2.76. The Morgan fingerprint density at radius 1 is 1.31 bits per heavy atom. The van der Waals surface area contributed by atoms with Crippen LogP contribution in [0.15, 0.2) is 4.52 Å². The van der Waals surface area contributed by atoms with Crippen molar-refractivity contribution >= 4 is 0 Å². The van der Waals surface area contributed by atoms with Crippen LogP contribution in [0, 0.1) is 0 Å². The van der Waals surface area contributed by atoms with E-state index in [0.717, 1.165) is 24.7 Å². The molecule has 1 saturated heterocycles. The smallest absolute Gasteiger partial charge is 0.227 e. The molecule has 0 atom stereocenters. The Kier molecular flexibility index (Phi) is 4.30. The second-order valence-corrected chi connectivity index (χ2v) is 4.29. The monoisotopic (exact) mass is 224 g/mol. The summed E-state index contributed by atoms with van der Waals surface area (Å²) < 4.78 is 5.18. The summed E-state index contributed by atoms with van der Waals surface area (Å²) in [5.74, 6) is 1.51. The zero-order chi connectivity index (χ0) is 11.2. The number of nitrogens with zero attached hydrogens (tertiary/aromatic N) is 3. The van der Waals surface area contributed by atoms with Crippen LogP contribution in [0.3, 0.4) is 0 Å². The molecule has 1 aliphatic rings. The standard InChI is InChI=1S/C11H20N4O/c1-12-9-10-13-11(16-14-10)5-8-15-6-3-2-4-7-15/h12H,2-9H2,1H3. The van der Waals surface area contributed by atoms with E-state index >= 15 is 0 Å². The highest BCUT2D eigenvalue weighted by molar-refractivity contribution is 4.86. The van der Waals surface area contributed by atoms with Gasteiger partial charge >= 0.3 is 0 Å². The van der Waals surface area contributed by atoms with Gasteiger partial charge < -0.3 is 14.7 Å².